The number of fused-ring (bicyclic) bond motifs is 7. The number of benzene rings is 6. The van der Waals surface area contributed by atoms with Crippen LogP contribution in [0.1, 0.15) is 193 Å². The van der Waals surface area contributed by atoms with Gasteiger partial charge in [0.15, 0.2) is 11.6 Å². The van der Waals surface area contributed by atoms with Crippen molar-refractivity contribution in [3.63, 3.8) is 0 Å². The molecule has 38 nitrogen and oxygen atoms in total. The third-order valence-electron chi connectivity index (χ3n) is 23.9. The number of aromatic amines is 1. The van der Waals surface area contributed by atoms with E-state index in [2.05, 4.69) is 74.1 Å². The summed E-state index contributed by atoms with van der Waals surface area (Å²) in [5, 5.41) is 86.0. The molecule has 0 unspecified atom stereocenters. The van der Waals surface area contributed by atoms with E-state index < -0.39 is 166 Å². The fourth-order valence-corrected chi connectivity index (χ4v) is 16.6. The predicted molar refractivity (Wildman–Crippen MR) is 499 cm³/mol. The van der Waals surface area contributed by atoms with Crippen molar-refractivity contribution in [2.75, 3.05) is 19.6 Å². The van der Waals surface area contributed by atoms with Crippen molar-refractivity contribution in [3.8, 4) is 28.7 Å². The number of carbonyl (C=O) groups is 14. The van der Waals surface area contributed by atoms with Gasteiger partial charge in [0.25, 0.3) is 5.91 Å². The normalized spacial score (nSPS) is 19.7. The summed E-state index contributed by atoms with van der Waals surface area (Å²) in [5.41, 5.74) is 15.0. The maximum Gasteiger partial charge on any atom is 0.340 e. The van der Waals surface area contributed by atoms with Gasteiger partial charge in [0.2, 0.25) is 70.9 Å². The third-order valence-corrected chi connectivity index (χ3v) is 23.9. The summed E-state index contributed by atoms with van der Waals surface area (Å²) in [6.45, 7) is 12.2. The van der Waals surface area contributed by atoms with Crippen LogP contribution in [0, 0.1) is 17.2 Å². The molecule has 12 atom stereocenters. The van der Waals surface area contributed by atoms with E-state index in [1.807, 2.05) is 50.3 Å². The fourth-order valence-electron chi connectivity index (χ4n) is 16.6. The number of aliphatic hydroxyl groups is 1. The second-order valence-electron chi connectivity index (χ2n) is 35.8. The molecule has 3 aliphatic rings. The van der Waals surface area contributed by atoms with E-state index in [0.29, 0.717) is 47.1 Å². The van der Waals surface area contributed by atoms with E-state index in [-0.39, 0.29) is 160 Å². The highest BCUT2D eigenvalue weighted by Crippen LogP contribution is 2.57. The van der Waals surface area contributed by atoms with Crippen LogP contribution >= 0.6 is 0 Å². The Balaban J connectivity index is 0.869. The Bertz CT molecular complexity index is 5480. The summed E-state index contributed by atoms with van der Waals surface area (Å²) >= 11 is 0. The molecule has 3 aliphatic heterocycles. The van der Waals surface area contributed by atoms with Gasteiger partial charge in [-0.05, 0) is 201 Å². The summed E-state index contributed by atoms with van der Waals surface area (Å²) in [7, 11) is 0. The maximum absolute atomic E-state index is 15.6. The zero-order valence-corrected chi connectivity index (χ0v) is 76.8. The van der Waals surface area contributed by atoms with Crippen LogP contribution in [0.2, 0.25) is 0 Å². The number of ether oxygens (including phenoxy) is 2. The van der Waals surface area contributed by atoms with E-state index in [9.17, 15) is 68.4 Å². The maximum atomic E-state index is 15.6. The van der Waals surface area contributed by atoms with E-state index in [1.165, 1.54) is 107 Å². The molecule has 7 aromatic rings. The minimum Gasteiger partial charge on any atom is -0.508 e. The minimum atomic E-state index is -1.92. The van der Waals surface area contributed by atoms with Gasteiger partial charge < -0.3 is 121 Å². The van der Waals surface area contributed by atoms with Gasteiger partial charge in [-0.1, -0.05) is 107 Å². The number of esters is 1. The molecule has 25 N–H and O–H groups in total. The molecule has 0 radical (unpaired) electrons. The zero-order valence-electron chi connectivity index (χ0n) is 76.8. The number of amides is 13. The average Bonchev–Trinajstić information content (AvgIpc) is 1.57. The Morgan fingerprint density at radius 1 is 0.563 bits per heavy atom. The smallest absolute Gasteiger partial charge is 0.340 e. The number of aromatic nitrogens is 1. The third kappa shape index (κ3) is 27.4. The number of rotatable bonds is 36. The Kier molecular flexibility index (Phi) is 35.6. The van der Waals surface area contributed by atoms with E-state index in [4.69, 9.17) is 32.1 Å². The molecule has 0 fully saturated rings. The number of para-hydroxylation sites is 1. The van der Waals surface area contributed by atoms with Crippen molar-refractivity contribution < 1.29 is 97.0 Å². The highest BCUT2D eigenvalue weighted by atomic mass is 16.6. The Hall–Kier alpha value is -14.4. The zero-order chi connectivity index (χ0) is 98.2. The van der Waals surface area contributed by atoms with Gasteiger partial charge in [-0.25, -0.2) is 4.79 Å². The Morgan fingerprint density at radius 2 is 1.13 bits per heavy atom. The van der Waals surface area contributed by atoms with Gasteiger partial charge >= 0.3 is 5.97 Å². The fraction of sp³-hybridized carbons (Fsp3) is 0.433. The Labute approximate surface area is 781 Å². The summed E-state index contributed by atoms with van der Waals surface area (Å²) in [5.74, 6) is -13.4. The van der Waals surface area contributed by atoms with Crippen molar-refractivity contribution in [2.24, 2.45) is 29.0 Å². The molecule has 0 saturated carbocycles. The second-order valence-corrected chi connectivity index (χ2v) is 35.8. The number of hydrogen-bond donors (Lipinski definition) is 22. The van der Waals surface area contributed by atoms with Crippen LogP contribution in [0.4, 0.5) is 0 Å². The minimum absolute atomic E-state index is 0.00185. The van der Waals surface area contributed by atoms with Crippen LogP contribution in [-0.2, 0) is 87.1 Å². The van der Waals surface area contributed by atoms with Crippen molar-refractivity contribution in [2.45, 2.75) is 235 Å². The number of phenolic OH excluding ortho intramolecular Hbond substituents is 3. The number of hydrogen-bond acceptors (Lipinski definition) is 22. The summed E-state index contributed by atoms with van der Waals surface area (Å²) in [6, 6.07) is 20.9. The predicted octanol–water partition coefficient (Wildman–Crippen LogP) is 3.70. The molecule has 10 rings (SSSR count). The lowest BCUT2D eigenvalue weighted by Crippen LogP contribution is -2.65. The summed E-state index contributed by atoms with van der Waals surface area (Å²) in [4.78, 5) is 207. The SMILES string of the molecule is CC(C)C[C@@H]1NC(=O)[C@H](CCCCN)NC(=O)[C@H](CC(C)C)NC(=O)[C@@](C)(NC(=O)[C@H](Cc2ccccc2)NC(=O)[C@H](Cc2ccc(O)cc2)NC(=O)[C@H](C)NC(=O)[C@@H](NC(=O)c2ccc3c(c2)C(=O)OC32c3ccc(O)cc3Oc3cc(O)ccc32)[C@@H](C)O)CCC/C=C/CCC[C@@](C)(C(=O)NCC(=O)N[C@@H](CCCNC(=N)N)C(=O)N[C@@H](Cc2c[nH]c3ccccc23)C(N)=O)NC1=O. The first-order valence-corrected chi connectivity index (χ1v) is 45.3. The van der Waals surface area contributed by atoms with Gasteiger partial charge in [-0.2, -0.15) is 0 Å². The quantitative estimate of drug-likeness (QED) is 0.00875. The van der Waals surface area contributed by atoms with Gasteiger partial charge in [0, 0.05) is 77.3 Å². The number of nitrogens with one attached hydrogen (secondary N) is 15. The molecule has 1 aromatic heterocycles. The summed E-state index contributed by atoms with van der Waals surface area (Å²) < 4.78 is 12.2. The molecule has 0 bridgehead atoms. The highest BCUT2D eigenvalue weighted by Gasteiger charge is 2.54. The van der Waals surface area contributed by atoms with Crippen molar-refractivity contribution in [3.05, 3.63) is 196 Å². The molecular formula is C97H124N18O20. The van der Waals surface area contributed by atoms with Crippen LogP contribution in [0.5, 0.6) is 28.7 Å². The molecule has 0 aliphatic carbocycles. The lowest BCUT2D eigenvalue weighted by molar-refractivity contribution is -0.138. The average molecular weight is 1860 g/mol. The Morgan fingerprint density at radius 3 is 1.76 bits per heavy atom. The lowest BCUT2D eigenvalue weighted by atomic mass is 9.77. The number of unbranched alkanes of at least 4 members (excludes halogenated alkanes) is 1. The first-order valence-electron chi connectivity index (χ1n) is 45.3. The summed E-state index contributed by atoms with van der Waals surface area (Å²) in [6.07, 6.45) is 4.86. The number of phenols is 3. The molecule has 6 aromatic carbocycles. The van der Waals surface area contributed by atoms with Crippen LogP contribution in [0.3, 0.4) is 0 Å². The first-order chi connectivity index (χ1) is 64.2. The number of aromatic hydroxyl groups is 3. The number of allylic oxidation sites excluding steroid dienone is 2. The number of guanidine groups is 1. The van der Waals surface area contributed by atoms with Crippen LogP contribution in [0.25, 0.3) is 10.9 Å². The first kappa shape index (κ1) is 103. The van der Waals surface area contributed by atoms with Gasteiger partial charge in [0.05, 0.1) is 18.2 Å². The molecule has 1 spiro atoms. The lowest BCUT2D eigenvalue weighted by Gasteiger charge is -2.36. The van der Waals surface area contributed by atoms with E-state index in [0.717, 1.165) is 10.9 Å². The molecule has 722 valence electrons. The standard InChI is InChI=1S/C97H124N18O20/c1-53(2)43-73-86(126)107-71(27-18-21-41-98)85(125)110-74(44-54(3)4)88(128)114-95(7,92(132)104-52-79(120)106-70(28-22-42-102-94(100)101)84(124)108-72(81(99)121)48-60-51-103-69-26-17-16-25-64(60)69)39-19-11-9-10-12-20-40-96(8,93(133)112-73)115-89(129)76(45-57-23-14-13-15-24-57)111-87(127)75(46-58-29-32-61(117)33-30-58)109-82(122)55(5)105-90(130)80(56(6)116)113-83(123)59-31-36-66-65(47-59)91(131)135-97(66)67-37-34-62(118)49-77(67)134-78-50-63(119)35-38-68(78)97/h9-10,13-17,23-26,29-38,47,49-51,53-56,70-76,80,103,116-119H,11-12,18-22,27-28,39-46,48,52,98H2,1-8H3,(H2,99,121)(H,104,132)(H,105,130)(H,106,120)(H,107,126)(H,108,124)(H,109,122)(H,110,125)(H,111,127)(H,112,133)(H,113,123)(H,114,128)(H,115,129)(H4,100,101,102)/b10-9+/t55-,56+,70-,71-,72-,73-,74-,75-,76-,80-,95-,96-/m0/s1. The molecule has 13 amide bonds. The van der Waals surface area contributed by atoms with Crippen LogP contribution in [0.15, 0.2) is 152 Å². The number of primary amides is 1. The molecule has 38 heteroatoms. The topological polar surface area (TPSA) is 612 Å². The molecular weight excluding hydrogens is 1740 g/mol. The van der Waals surface area contributed by atoms with E-state index >= 15 is 19.2 Å². The molecule has 135 heavy (non-hydrogen) atoms. The van der Waals surface area contributed by atoms with Gasteiger partial charge in [-0.15, -0.1) is 0 Å². The number of nitrogens with two attached hydrogens (primary N) is 3. The number of aliphatic hydroxyl groups excluding tert-OH is 1. The van der Waals surface area contributed by atoms with Crippen LogP contribution < -0.4 is 91.1 Å². The van der Waals surface area contributed by atoms with Crippen LogP contribution in [-0.4, -0.2) is 205 Å². The number of carbonyl (C=O) groups excluding carboxylic acids is 14. The van der Waals surface area contributed by atoms with Crippen molar-refractivity contribution in [1.29, 1.82) is 5.41 Å². The van der Waals surface area contributed by atoms with Gasteiger partial charge in [-0.3, -0.25) is 67.7 Å². The largest absolute Gasteiger partial charge is 0.508 e. The highest BCUT2D eigenvalue weighted by molar-refractivity contribution is 6.05. The van der Waals surface area contributed by atoms with Gasteiger partial charge in [0.1, 0.15) is 94.2 Å². The van der Waals surface area contributed by atoms with Crippen molar-refractivity contribution >= 4 is 99.6 Å². The molecule has 0 saturated heterocycles. The van der Waals surface area contributed by atoms with E-state index in [1.54, 1.807) is 50.4 Å². The monoisotopic (exact) mass is 1860 g/mol. The number of H-pyrrole nitrogens is 1. The second kappa shape index (κ2) is 46.8. The molecule has 4 heterocycles. The van der Waals surface area contributed by atoms with Crippen molar-refractivity contribution in [1.82, 2.24) is 74.1 Å².